The molecule has 0 aliphatic rings. The van der Waals surface area contributed by atoms with Crippen molar-refractivity contribution >= 4 is 29.7 Å². The number of rotatable bonds is 8. The van der Waals surface area contributed by atoms with Crippen LogP contribution in [-0.4, -0.2) is 58.3 Å². The minimum absolute atomic E-state index is 0.308. The van der Waals surface area contributed by atoms with Gasteiger partial charge < -0.3 is 26.6 Å². The second-order valence-corrected chi connectivity index (χ2v) is 4.89. The van der Waals surface area contributed by atoms with E-state index in [0.29, 0.717) is 12.2 Å². The van der Waals surface area contributed by atoms with Gasteiger partial charge >= 0.3 is 12.0 Å². The van der Waals surface area contributed by atoms with Crippen LogP contribution in [0.5, 0.6) is 0 Å². The minimum Gasteiger partial charge on any atom is -0.480 e. The molecular weight excluding hydrogens is 274 g/mol. The first kappa shape index (κ1) is 17.5. The molecule has 0 fully saturated rings. The Morgan fingerprint density at radius 1 is 1.32 bits per heavy atom. The molecule has 0 aliphatic heterocycles. The molecule has 0 aliphatic carbocycles. The van der Waals surface area contributed by atoms with Gasteiger partial charge in [-0.1, -0.05) is 0 Å². The van der Waals surface area contributed by atoms with E-state index in [2.05, 4.69) is 10.6 Å². The molecule has 0 radical (unpaired) electrons. The highest BCUT2D eigenvalue weighted by Gasteiger charge is 2.28. The fourth-order valence-electron chi connectivity index (χ4n) is 1.32. The highest BCUT2D eigenvalue weighted by molar-refractivity contribution is 7.98. The number of thioether (sulfide) groups is 1. The Labute approximate surface area is 115 Å². The normalized spacial score (nSPS) is 15.1. The molecule has 8 nitrogen and oxygen atoms in total. The predicted molar refractivity (Wildman–Crippen MR) is 70.8 cm³/mol. The lowest BCUT2D eigenvalue weighted by Gasteiger charge is -2.21. The van der Waals surface area contributed by atoms with Gasteiger partial charge in [-0.15, -0.1) is 0 Å². The first-order chi connectivity index (χ1) is 8.79. The van der Waals surface area contributed by atoms with E-state index in [1.807, 2.05) is 6.26 Å². The van der Waals surface area contributed by atoms with Gasteiger partial charge in [-0.25, -0.2) is 9.59 Å². The molecule has 3 amide bonds. The number of hydrogen-bond donors (Lipinski definition) is 5. The number of hydrogen-bond acceptors (Lipinski definition) is 5. The Hall–Kier alpha value is -1.48. The maximum absolute atomic E-state index is 11.8. The highest BCUT2D eigenvalue weighted by Crippen LogP contribution is 2.02. The first-order valence-electron chi connectivity index (χ1n) is 5.55. The van der Waals surface area contributed by atoms with Crippen molar-refractivity contribution < 1.29 is 24.6 Å². The number of urea groups is 1. The van der Waals surface area contributed by atoms with Crippen molar-refractivity contribution in [2.24, 2.45) is 5.73 Å². The number of carbonyl (C=O) groups is 3. The van der Waals surface area contributed by atoms with E-state index < -0.39 is 36.1 Å². The molecule has 19 heavy (non-hydrogen) atoms. The number of carboxylic acid groups (broad SMARTS) is 1. The van der Waals surface area contributed by atoms with E-state index >= 15 is 0 Å². The molecule has 0 bridgehead atoms. The summed E-state index contributed by atoms with van der Waals surface area (Å²) in [6.45, 7) is 1.25. The number of primary amides is 1. The second kappa shape index (κ2) is 8.59. The summed E-state index contributed by atoms with van der Waals surface area (Å²) < 4.78 is 0. The van der Waals surface area contributed by atoms with Crippen LogP contribution in [0.2, 0.25) is 0 Å². The van der Waals surface area contributed by atoms with Crippen molar-refractivity contribution in [2.75, 3.05) is 12.0 Å². The molecule has 3 atom stereocenters. The lowest BCUT2D eigenvalue weighted by molar-refractivity contribution is -0.145. The summed E-state index contributed by atoms with van der Waals surface area (Å²) in [4.78, 5) is 33.5. The third-order valence-electron chi connectivity index (χ3n) is 2.29. The van der Waals surface area contributed by atoms with Crippen LogP contribution in [0.15, 0.2) is 0 Å². The summed E-state index contributed by atoms with van der Waals surface area (Å²) in [5.41, 5.74) is 4.95. The molecule has 0 saturated heterocycles. The summed E-state index contributed by atoms with van der Waals surface area (Å²) >= 11 is 1.47. The summed E-state index contributed by atoms with van der Waals surface area (Å²) in [5.74, 6) is -1.46. The number of carbonyl (C=O) groups excluding carboxylic acids is 2. The molecule has 110 valence electrons. The van der Waals surface area contributed by atoms with Gasteiger partial charge in [0.15, 0.2) is 6.04 Å². The van der Waals surface area contributed by atoms with Gasteiger partial charge in [0.2, 0.25) is 5.91 Å². The average molecular weight is 293 g/mol. The minimum atomic E-state index is -1.43. The lowest BCUT2D eigenvalue weighted by Crippen LogP contribution is -2.55. The summed E-state index contributed by atoms with van der Waals surface area (Å²) in [6, 6.07) is -3.23. The largest absolute Gasteiger partial charge is 0.480 e. The zero-order chi connectivity index (χ0) is 15.0. The number of aliphatic hydroxyl groups excluding tert-OH is 1. The van der Waals surface area contributed by atoms with Crippen LogP contribution in [0.3, 0.4) is 0 Å². The summed E-state index contributed by atoms with van der Waals surface area (Å²) in [7, 11) is 0. The molecule has 0 heterocycles. The van der Waals surface area contributed by atoms with Crippen LogP contribution in [0.25, 0.3) is 0 Å². The smallest absolute Gasteiger partial charge is 0.328 e. The van der Waals surface area contributed by atoms with Gasteiger partial charge in [0.25, 0.3) is 0 Å². The van der Waals surface area contributed by atoms with Gasteiger partial charge in [0, 0.05) is 0 Å². The zero-order valence-electron chi connectivity index (χ0n) is 10.8. The van der Waals surface area contributed by atoms with Gasteiger partial charge in [0.05, 0.1) is 6.10 Å². The van der Waals surface area contributed by atoms with Crippen LogP contribution in [0, 0.1) is 0 Å². The fraction of sp³-hybridized carbons (Fsp3) is 0.700. The zero-order valence-corrected chi connectivity index (χ0v) is 11.6. The topological polar surface area (TPSA) is 142 Å². The van der Waals surface area contributed by atoms with Crippen LogP contribution in [-0.2, 0) is 9.59 Å². The Balaban J connectivity index is 4.68. The standard InChI is InChI=1S/C10H19N3O5S/c1-5(14)7(9(16)17)13-8(15)6(3-4-19-2)12-10(11)18/h5-7,14H,3-4H2,1-2H3,(H,13,15)(H,16,17)(H3,11,12,18). The number of nitrogens with two attached hydrogens (primary N) is 1. The Morgan fingerprint density at radius 3 is 2.26 bits per heavy atom. The van der Waals surface area contributed by atoms with Gasteiger partial charge in [-0.2, -0.15) is 11.8 Å². The molecule has 0 spiro atoms. The van der Waals surface area contributed by atoms with E-state index in [9.17, 15) is 19.5 Å². The van der Waals surface area contributed by atoms with Gasteiger partial charge in [-0.05, 0) is 25.4 Å². The number of carboxylic acids is 1. The number of nitrogens with one attached hydrogen (secondary N) is 2. The van der Waals surface area contributed by atoms with Crippen LogP contribution in [0.1, 0.15) is 13.3 Å². The lowest BCUT2D eigenvalue weighted by atomic mass is 10.1. The Bertz CT molecular complexity index is 337. The molecule has 6 N–H and O–H groups in total. The molecule has 3 unspecified atom stereocenters. The van der Waals surface area contributed by atoms with Crippen molar-refractivity contribution in [2.45, 2.75) is 31.5 Å². The Kier molecular flexibility index (Phi) is 7.92. The van der Waals surface area contributed by atoms with Crippen molar-refractivity contribution in [3.8, 4) is 0 Å². The highest BCUT2D eigenvalue weighted by atomic mass is 32.2. The second-order valence-electron chi connectivity index (χ2n) is 3.91. The van der Waals surface area contributed by atoms with Crippen molar-refractivity contribution in [3.05, 3.63) is 0 Å². The molecule has 9 heteroatoms. The third kappa shape index (κ3) is 6.87. The number of aliphatic carboxylic acids is 1. The van der Waals surface area contributed by atoms with Gasteiger partial charge in [0.1, 0.15) is 6.04 Å². The maximum Gasteiger partial charge on any atom is 0.328 e. The Morgan fingerprint density at radius 2 is 1.89 bits per heavy atom. The monoisotopic (exact) mass is 293 g/mol. The molecule has 0 rings (SSSR count). The first-order valence-corrected chi connectivity index (χ1v) is 6.95. The quantitative estimate of drug-likeness (QED) is 0.377. The summed E-state index contributed by atoms with van der Waals surface area (Å²) in [5, 5.41) is 22.5. The molecular formula is C10H19N3O5S. The van der Waals surface area contributed by atoms with Crippen molar-refractivity contribution in [3.63, 3.8) is 0 Å². The molecule has 0 saturated carbocycles. The van der Waals surface area contributed by atoms with Crippen LogP contribution < -0.4 is 16.4 Å². The van der Waals surface area contributed by atoms with Gasteiger partial charge in [-0.3, -0.25) is 4.79 Å². The number of aliphatic hydroxyl groups is 1. The molecule has 0 aromatic heterocycles. The molecule has 0 aromatic carbocycles. The van der Waals surface area contributed by atoms with E-state index in [-0.39, 0.29) is 0 Å². The predicted octanol–water partition coefficient (Wildman–Crippen LogP) is -1.27. The van der Waals surface area contributed by atoms with Crippen molar-refractivity contribution in [1.82, 2.24) is 10.6 Å². The van der Waals surface area contributed by atoms with E-state index in [1.165, 1.54) is 18.7 Å². The average Bonchev–Trinajstić information content (AvgIpc) is 2.29. The van der Waals surface area contributed by atoms with Crippen molar-refractivity contribution in [1.29, 1.82) is 0 Å². The van der Waals surface area contributed by atoms with Crippen LogP contribution in [0.4, 0.5) is 4.79 Å². The summed E-state index contributed by atoms with van der Waals surface area (Å²) in [6.07, 6.45) is 0.883. The van der Waals surface area contributed by atoms with E-state index in [1.54, 1.807) is 0 Å². The third-order valence-corrected chi connectivity index (χ3v) is 2.93. The van der Waals surface area contributed by atoms with Crippen LogP contribution >= 0.6 is 11.8 Å². The van der Waals surface area contributed by atoms with E-state index in [0.717, 1.165) is 0 Å². The fourth-order valence-corrected chi connectivity index (χ4v) is 1.79. The maximum atomic E-state index is 11.8. The van der Waals surface area contributed by atoms with E-state index in [4.69, 9.17) is 10.8 Å². The number of amides is 3. The SMILES string of the molecule is CSCCC(NC(N)=O)C(=O)NC(C(=O)O)C(C)O. The molecule has 0 aromatic rings.